The molecular formula is C24H19N3O5S2. The van der Waals surface area contributed by atoms with Gasteiger partial charge >= 0.3 is 5.97 Å². The van der Waals surface area contributed by atoms with Crippen molar-refractivity contribution in [3.63, 3.8) is 0 Å². The smallest absolute Gasteiger partial charge is 0.341 e. The number of hydrogen-bond acceptors (Lipinski definition) is 7. The molecule has 3 aromatic rings. The number of nitrogens with zero attached hydrogens (tertiary/aromatic N) is 1. The van der Waals surface area contributed by atoms with Crippen molar-refractivity contribution in [3.8, 4) is 11.1 Å². The number of fused-ring (bicyclic) bond motifs is 1. The van der Waals surface area contributed by atoms with Crippen LogP contribution >= 0.6 is 23.6 Å². The summed E-state index contributed by atoms with van der Waals surface area (Å²) in [6, 6.07) is 15.7. The van der Waals surface area contributed by atoms with Gasteiger partial charge in [0, 0.05) is 10.9 Å². The Kier molecular flexibility index (Phi) is 6.80. The molecule has 0 radical (unpaired) electrons. The molecule has 0 saturated heterocycles. The SMILES string of the molecule is CCOC(=O)c1c(-c2ccccc2)csc1NC(=S)NC(=O)CN1C(=O)c2ccccc2C1=O. The van der Waals surface area contributed by atoms with E-state index in [4.69, 9.17) is 17.0 Å². The van der Waals surface area contributed by atoms with E-state index in [2.05, 4.69) is 10.6 Å². The number of nitrogens with one attached hydrogen (secondary N) is 2. The molecule has 10 heteroatoms. The van der Waals surface area contributed by atoms with Gasteiger partial charge in [0.25, 0.3) is 11.8 Å². The number of amides is 3. The highest BCUT2D eigenvalue weighted by Gasteiger charge is 2.36. The van der Waals surface area contributed by atoms with E-state index in [0.29, 0.717) is 16.1 Å². The highest BCUT2D eigenvalue weighted by atomic mass is 32.1. The predicted octanol–water partition coefficient (Wildman–Crippen LogP) is 3.70. The lowest BCUT2D eigenvalue weighted by Gasteiger charge is -2.15. The van der Waals surface area contributed by atoms with E-state index < -0.39 is 30.2 Å². The molecule has 2 aromatic carbocycles. The first-order chi connectivity index (χ1) is 16.4. The Morgan fingerprint density at radius 1 is 0.971 bits per heavy atom. The molecule has 8 nitrogen and oxygen atoms in total. The topological polar surface area (TPSA) is 105 Å². The molecule has 2 heterocycles. The third-order valence-corrected chi connectivity index (χ3v) is 6.11. The van der Waals surface area contributed by atoms with Crippen molar-refractivity contribution >= 4 is 57.4 Å². The van der Waals surface area contributed by atoms with Gasteiger partial charge in [0.1, 0.15) is 17.1 Å². The van der Waals surface area contributed by atoms with Crippen LogP contribution in [0.5, 0.6) is 0 Å². The fourth-order valence-electron chi connectivity index (χ4n) is 3.51. The van der Waals surface area contributed by atoms with Crippen LogP contribution in [0.1, 0.15) is 38.0 Å². The molecule has 1 aliphatic rings. The molecule has 0 spiro atoms. The number of hydrogen-bond donors (Lipinski definition) is 2. The first-order valence-electron chi connectivity index (χ1n) is 10.3. The molecule has 1 aliphatic heterocycles. The van der Waals surface area contributed by atoms with Crippen molar-refractivity contribution in [2.45, 2.75) is 6.92 Å². The first kappa shape index (κ1) is 23.3. The first-order valence-corrected chi connectivity index (χ1v) is 11.6. The van der Waals surface area contributed by atoms with Crippen LogP contribution in [0.3, 0.4) is 0 Å². The Hall–Kier alpha value is -3.89. The molecule has 0 aliphatic carbocycles. The molecule has 1 aromatic heterocycles. The second-order valence-corrected chi connectivity index (χ2v) is 8.47. The molecule has 34 heavy (non-hydrogen) atoms. The summed E-state index contributed by atoms with van der Waals surface area (Å²) >= 11 is 6.48. The highest BCUT2D eigenvalue weighted by molar-refractivity contribution is 7.80. The zero-order valence-electron chi connectivity index (χ0n) is 18.0. The van der Waals surface area contributed by atoms with E-state index in [1.807, 2.05) is 30.3 Å². The number of benzene rings is 2. The number of carbonyl (C=O) groups excluding carboxylic acids is 4. The van der Waals surface area contributed by atoms with Crippen LogP contribution in [0.2, 0.25) is 0 Å². The third kappa shape index (κ3) is 4.59. The van der Waals surface area contributed by atoms with Gasteiger partial charge in [-0.2, -0.15) is 0 Å². The maximum Gasteiger partial charge on any atom is 0.341 e. The summed E-state index contributed by atoms with van der Waals surface area (Å²) in [6.45, 7) is 1.42. The largest absolute Gasteiger partial charge is 0.462 e. The van der Waals surface area contributed by atoms with Crippen LogP contribution in [0, 0.1) is 0 Å². The van der Waals surface area contributed by atoms with E-state index in [1.165, 1.54) is 23.5 Å². The Balaban J connectivity index is 1.46. The minimum absolute atomic E-state index is 0.0754. The third-order valence-electron chi connectivity index (χ3n) is 5.02. The van der Waals surface area contributed by atoms with E-state index in [0.717, 1.165) is 10.5 Å². The summed E-state index contributed by atoms with van der Waals surface area (Å²) in [5.74, 6) is -2.25. The normalized spacial score (nSPS) is 12.3. The summed E-state index contributed by atoms with van der Waals surface area (Å²) in [6.07, 6.45) is 0. The molecule has 0 unspecified atom stereocenters. The van der Waals surface area contributed by atoms with Gasteiger partial charge in [-0.3, -0.25) is 19.3 Å². The average Bonchev–Trinajstić information content (AvgIpc) is 3.35. The summed E-state index contributed by atoms with van der Waals surface area (Å²) in [5.41, 5.74) is 2.32. The van der Waals surface area contributed by atoms with Gasteiger partial charge in [0.2, 0.25) is 5.91 Å². The van der Waals surface area contributed by atoms with Crippen LogP contribution in [0.25, 0.3) is 11.1 Å². The van der Waals surface area contributed by atoms with Crippen molar-refractivity contribution in [2.75, 3.05) is 18.5 Å². The number of thiophene rings is 1. The molecule has 0 fully saturated rings. The van der Waals surface area contributed by atoms with Crippen molar-refractivity contribution in [1.29, 1.82) is 0 Å². The monoisotopic (exact) mass is 493 g/mol. The summed E-state index contributed by atoms with van der Waals surface area (Å²) in [4.78, 5) is 51.0. The van der Waals surface area contributed by atoms with Gasteiger partial charge < -0.3 is 15.4 Å². The van der Waals surface area contributed by atoms with Gasteiger partial charge in [-0.05, 0) is 36.8 Å². The molecule has 172 valence electrons. The number of imide groups is 1. The molecule has 0 saturated carbocycles. The van der Waals surface area contributed by atoms with E-state index in [9.17, 15) is 19.2 Å². The second kappa shape index (κ2) is 9.94. The fourth-order valence-corrected chi connectivity index (χ4v) is 4.76. The fraction of sp³-hybridized carbons (Fsp3) is 0.125. The Morgan fingerprint density at radius 3 is 2.21 bits per heavy atom. The number of ether oxygens (including phenoxy) is 1. The summed E-state index contributed by atoms with van der Waals surface area (Å²) in [5, 5.41) is 7.45. The molecular weight excluding hydrogens is 474 g/mol. The van der Waals surface area contributed by atoms with Gasteiger partial charge in [-0.1, -0.05) is 42.5 Å². The number of anilines is 1. The molecule has 0 bridgehead atoms. The maximum absolute atomic E-state index is 12.7. The van der Waals surface area contributed by atoms with E-state index in [-0.39, 0.29) is 22.8 Å². The standard InChI is InChI=1S/C24H19N3O5S2/c1-2-32-23(31)19-17(14-8-4-3-5-9-14)13-34-20(19)26-24(33)25-18(28)12-27-21(29)15-10-6-7-11-16(15)22(27)30/h3-11,13H,2,12H2,1H3,(H2,25,26,28,33). The van der Waals surface area contributed by atoms with Crippen LogP contribution in [0.15, 0.2) is 60.0 Å². The number of esters is 1. The summed E-state index contributed by atoms with van der Waals surface area (Å²) < 4.78 is 5.21. The number of thiocarbonyl (C=S) groups is 1. The van der Waals surface area contributed by atoms with Crippen LogP contribution in [0.4, 0.5) is 5.00 Å². The van der Waals surface area contributed by atoms with Crippen LogP contribution in [-0.2, 0) is 9.53 Å². The van der Waals surface area contributed by atoms with E-state index in [1.54, 1.807) is 24.4 Å². The minimum Gasteiger partial charge on any atom is -0.462 e. The lowest BCUT2D eigenvalue weighted by atomic mass is 10.0. The van der Waals surface area contributed by atoms with Crippen molar-refractivity contribution in [1.82, 2.24) is 10.2 Å². The van der Waals surface area contributed by atoms with Crippen molar-refractivity contribution < 1.29 is 23.9 Å². The summed E-state index contributed by atoms with van der Waals surface area (Å²) in [7, 11) is 0. The molecule has 0 atom stereocenters. The Morgan fingerprint density at radius 2 is 1.59 bits per heavy atom. The van der Waals surface area contributed by atoms with Crippen LogP contribution in [-0.4, -0.2) is 46.9 Å². The maximum atomic E-state index is 12.7. The molecule has 4 rings (SSSR count). The van der Waals surface area contributed by atoms with Gasteiger partial charge in [-0.25, -0.2) is 4.79 Å². The minimum atomic E-state index is -0.649. The zero-order chi connectivity index (χ0) is 24.2. The number of rotatable bonds is 6. The van der Waals surface area contributed by atoms with Gasteiger partial charge in [0.15, 0.2) is 5.11 Å². The average molecular weight is 494 g/mol. The second-order valence-electron chi connectivity index (χ2n) is 7.18. The predicted molar refractivity (Wildman–Crippen MR) is 132 cm³/mol. The van der Waals surface area contributed by atoms with Crippen molar-refractivity contribution in [2.24, 2.45) is 0 Å². The van der Waals surface area contributed by atoms with Crippen molar-refractivity contribution in [3.05, 3.63) is 76.7 Å². The van der Waals surface area contributed by atoms with Gasteiger partial charge in [-0.15, -0.1) is 11.3 Å². The molecule has 3 amide bonds. The lowest BCUT2D eigenvalue weighted by Crippen LogP contribution is -2.43. The number of carbonyl (C=O) groups is 4. The Labute approximate surface area is 204 Å². The Bertz CT molecular complexity index is 1270. The van der Waals surface area contributed by atoms with E-state index >= 15 is 0 Å². The highest BCUT2D eigenvalue weighted by Crippen LogP contribution is 2.36. The van der Waals surface area contributed by atoms with Gasteiger partial charge in [0.05, 0.1) is 17.7 Å². The van der Waals surface area contributed by atoms with Crippen LogP contribution < -0.4 is 10.6 Å². The zero-order valence-corrected chi connectivity index (χ0v) is 19.6. The quantitative estimate of drug-likeness (QED) is 0.306. The lowest BCUT2D eigenvalue weighted by molar-refractivity contribution is -0.120. The molecule has 2 N–H and O–H groups in total.